The van der Waals surface area contributed by atoms with Crippen LogP contribution in [0.15, 0.2) is 83.9 Å². The van der Waals surface area contributed by atoms with E-state index < -0.39 is 0 Å². The van der Waals surface area contributed by atoms with E-state index in [4.69, 9.17) is 0 Å². The molecule has 1 N–H and O–H groups in total. The third kappa shape index (κ3) is 4.12. The third-order valence-electron chi connectivity index (χ3n) is 5.91. The zero-order chi connectivity index (χ0) is 21.9. The molecule has 1 aromatic heterocycles. The Labute approximate surface area is 186 Å². The van der Waals surface area contributed by atoms with Crippen molar-refractivity contribution >= 4 is 22.5 Å². The topological polar surface area (TPSA) is 67.2 Å². The molecule has 1 amide bonds. The number of benzene rings is 3. The van der Waals surface area contributed by atoms with Crippen molar-refractivity contribution in [3.8, 4) is 0 Å². The van der Waals surface area contributed by atoms with E-state index in [0.29, 0.717) is 17.4 Å². The molecular formula is C26H24N4O2. The summed E-state index contributed by atoms with van der Waals surface area (Å²) in [5, 5.41) is 3.40. The van der Waals surface area contributed by atoms with Crippen LogP contribution in [0.25, 0.3) is 10.9 Å². The third-order valence-corrected chi connectivity index (χ3v) is 5.91. The number of para-hydroxylation sites is 2. The van der Waals surface area contributed by atoms with Gasteiger partial charge in [0.05, 0.1) is 17.2 Å². The number of rotatable bonds is 6. The smallest absolute Gasteiger partial charge is 0.261 e. The number of hydrogen-bond acceptors (Lipinski definition) is 4. The highest BCUT2D eigenvalue weighted by Crippen LogP contribution is 2.28. The van der Waals surface area contributed by atoms with Gasteiger partial charge in [0.2, 0.25) is 5.91 Å². The first-order valence-corrected chi connectivity index (χ1v) is 10.8. The van der Waals surface area contributed by atoms with Gasteiger partial charge in [0.25, 0.3) is 5.56 Å². The monoisotopic (exact) mass is 424 g/mol. The summed E-state index contributed by atoms with van der Waals surface area (Å²) >= 11 is 0. The van der Waals surface area contributed by atoms with E-state index in [2.05, 4.69) is 51.6 Å². The van der Waals surface area contributed by atoms with Crippen LogP contribution in [-0.4, -0.2) is 22.0 Å². The van der Waals surface area contributed by atoms with Gasteiger partial charge in [-0.3, -0.25) is 14.2 Å². The number of carbonyl (C=O) groups excluding carboxylic acids is 1. The molecule has 0 atom stereocenters. The Hall–Kier alpha value is -3.93. The van der Waals surface area contributed by atoms with Crippen LogP contribution in [0, 0.1) is 0 Å². The van der Waals surface area contributed by atoms with Crippen LogP contribution in [0.5, 0.6) is 0 Å². The number of nitrogens with zero attached hydrogens (tertiary/aromatic N) is 3. The highest BCUT2D eigenvalue weighted by atomic mass is 16.2. The van der Waals surface area contributed by atoms with Gasteiger partial charge in [0, 0.05) is 25.3 Å². The van der Waals surface area contributed by atoms with E-state index in [1.165, 1.54) is 27.7 Å². The largest absolute Gasteiger partial charge is 0.367 e. The number of aromatic nitrogens is 2. The molecule has 1 aliphatic rings. The lowest BCUT2D eigenvalue weighted by molar-refractivity contribution is -0.121. The molecule has 160 valence electrons. The second-order valence-electron chi connectivity index (χ2n) is 8.09. The Balaban J connectivity index is 1.17. The van der Waals surface area contributed by atoms with Crippen LogP contribution >= 0.6 is 0 Å². The predicted molar refractivity (Wildman–Crippen MR) is 125 cm³/mol. The van der Waals surface area contributed by atoms with Gasteiger partial charge < -0.3 is 10.2 Å². The maximum Gasteiger partial charge on any atom is 0.261 e. The zero-order valence-electron chi connectivity index (χ0n) is 17.7. The van der Waals surface area contributed by atoms with Gasteiger partial charge in [-0.1, -0.05) is 54.6 Å². The van der Waals surface area contributed by atoms with Gasteiger partial charge in [-0.15, -0.1) is 0 Å². The van der Waals surface area contributed by atoms with E-state index in [1.807, 2.05) is 18.2 Å². The second-order valence-corrected chi connectivity index (χ2v) is 8.09. The summed E-state index contributed by atoms with van der Waals surface area (Å²) in [5.41, 5.74) is 5.42. The number of amides is 1. The van der Waals surface area contributed by atoms with E-state index in [-0.39, 0.29) is 18.0 Å². The average Bonchev–Trinajstić information content (AvgIpc) is 3.23. The minimum Gasteiger partial charge on any atom is -0.367 e. The van der Waals surface area contributed by atoms with Gasteiger partial charge in [0.15, 0.2) is 0 Å². The van der Waals surface area contributed by atoms with Gasteiger partial charge >= 0.3 is 0 Å². The molecule has 6 nitrogen and oxygen atoms in total. The fourth-order valence-corrected chi connectivity index (χ4v) is 4.18. The minimum absolute atomic E-state index is 0.0525. The molecule has 6 heteroatoms. The van der Waals surface area contributed by atoms with Gasteiger partial charge in [-0.25, -0.2) is 4.98 Å². The first kappa shape index (κ1) is 20.0. The number of carbonyl (C=O) groups is 1. The molecule has 32 heavy (non-hydrogen) atoms. The summed E-state index contributed by atoms with van der Waals surface area (Å²) < 4.78 is 1.34. The molecule has 5 rings (SSSR count). The molecule has 0 radical (unpaired) electrons. The van der Waals surface area contributed by atoms with E-state index in [0.717, 1.165) is 25.1 Å². The van der Waals surface area contributed by atoms with Crippen molar-refractivity contribution in [3.63, 3.8) is 0 Å². The van der Waals surface area contributed by atoms with Crippen LogP contribution in [0.3, 0.4) is 0 Å². The number of anilines is 1. The summed E-state index contributed by atoms with van der Waals surface area (Å²) in [6.07, 6.45) is 2.52. The number of nitrogens with one attached hydrogen (secondary N) is 1. The van der Waals surface area contributed by atoms with Gasteiger partial charge in [-0.2, -0.15) is 0 Å². The first-order chi connectivity index (χ1) is 15.7. The molecule has 0 saturated carbocycles. The molecule has 0 unspecified atom stereocenters. The van der Waals surface area contributed by atoms with Crippen LogP contribution in [-0.2, 0) is 30.8 Å². The summed E-state index contributed by atoms with van der Waals surface area (Å²) in [4.78, 5) is 31.6. The number of hydrogen-bond donors (Lipinski definition) is 1. The first-order valence-electron chi connectivity index (χ1n) is 10.8. The van der Waals surface area contributed by atoms with Crippen LogP contribution in [0.4, 0.5) is 5.69 Å². The summed E-state index contributed by atoms with van der Waals surface area (Å²) in [6.45, 7) is 2.28. The van der Waals surface area contributed by atoms with Crippen LogP contribution in [0.2, 0.25) is 0 Å². The van der Waals surface area contributed by atoms with Crippen molar-refractivity contribution in [1.82, 2.24) is 14.9 Å². The quantitative estimate of drug-likeness (QED) is 0.516. The minimum atomic E-state index is -0.220. The Kier molecular flexibility index (Phi) is 5.42. The molecule has 0 saturated heterocycles. The lowest BCUT2D eigenvalue weighted by Gasteiger charge is -2.19. The van der Waals surface area contributed by atoms with Crippen molar-refractivity contribution < 1.29 is 4.79 Å². The molecular weight excluding hydrogens is 400 g/mol. The summed E-state index contributed by atoms with van der Waals surface area (Å²) in [6, 6.07) is 24.0. The lowest BCUT2D eigenvalue weighted by atomic mass is 10.1. The standard InChI is InChI=1S/C26H24N4O2/c31-25(17-30-18-28-23-7-3-2-6-22(23)26(30)32)27-15-19-9-11-20(12-10-19)16-29-14-13-21-5-1-4-8-24(21)29/h1-12,18H,13-17H2,(H,27,31). The average molecular weight is 425 g/mol. The zero-order valence-corrected chi connectivity index (χ0v) is 17.7. The van der Waals surface area contributed by atoms with Crippen LogP contribution < -0.4 is 15.8 Å². The maximum atomic E-state index is 12.5. The van der Waals surface area contributed by atoms with Gasteiger partial charge in [0.1, 0.15) is 6.54 Å². The predicted octanol–water partition coefficient (Wildman–Crippen LogP) is 3.28. The van der Waals surface area contributed by atoms with Crippen molar-refractivity contribution in [3.05, 3.63) is 106 Å². The highest BCUT2D eigenvalue weighted by Gasteiger charge is 2.18. The molecule has 0 fully saturated rings. The summed E-state index contributed by atoms with van der Waals surface area (Å²) in [5.74, 6) is -0.220. The van der Waals surface area contributed by atoms with E-state index in [9.17, 15) is 9.59 Å². The van der Waals surface area contributed by atoms with Crippen molar-refractivity contribution in [2.45, 2.75) is 26.1 Å². The van der Waals surface area contributed by atoms with Crippen molar-refractivity contribution in [2.75, 3.05) is 11.4 Å². The molecule has 2 heterocycles. The Morgan fingerprint density at radius 2 is 1.69 bits per heavy atom. The second kappa shape index (κ2) is 8.67. The maximum absolute atomic E-state index is 12.5. The molecule has 1 aliphatic heterocycles. The Morgan fingerprint density at radius 3 is 2.56 bits per heavy atom. The fourth-order valence-electron chi connectivity index (χ4n) is 4.18. The summed E-state index contributed by atoms with van der Waals surface area (Å²) in [7, 11) is 0. The van der Waals surface area contributed by atoms with Crippen molar-refractivity contribution in [1.29, 1.82) is 0 Å². The molecule has 0 aliphatic carbocycles. The van der Waals surface area contributed by atoms with E-state index in [1.54, 1.807) is 18.2 Å². The SMILES string of the molecule is O=C(Cn1cnc2ccccc2c1=O)NCc1ccc(CN2CCc3ccccc32)cc1. The van der Waals surface area contributed by atoms with Crippen molar-refractivity contribution in [2.24, 2.45) is 0 Å². The molecule has 3 aromatic carbocycles. The Morgan fingerprint density at radius 1 is 0.938 bits per heavy atom. The number of fused-ring (bicyclic) bond motifs is 2. The molecule has 0 bridgehead atoms. The fraction of sp³-hybridized carbons (Fsp3) is 0.192. The van der Waals surface area contributed by atoms with Crippen LogP contribution in [0.1, 0.15) is 16.7 Å². The van der Waals surface area contributed by atoms with Gasteiger partial charge in [-0.05, 0) is 41.3 Å². The van der Waals surface area contributed by atoms with E-state index >= 15 is 0 Å². The highest BCUT2D eigenvalue weighted by molar-refractivity contribution is 5.78. The normalized spacial score (nSPS) is 12.7. The lowest BCUT2D eigenvalue weighted by Crippen LogP contribution is -2.32. The Bertz CT molecular complexity index is 1330. The molecule has 0 spiro atoms. The molecule has 4 aromatic rings.